The van der Waals surface area contributed by atoms with Crippen molar-refractivity contribution in [3.05, 3.63) is 63.1 Å². The molecule has 19 heavy (non-hydrogen) atoms. The lowest BCUT2D eigenvalue weighted by atomic mass is 10.2. The lowest BCUT2D eigenvalue weighted by Crippen LogP contribution is -2.02. The maximum Gasteiger partial charge on any atom is 0.0509 e. The number of rotatable bonds is 4. The summed E-state index contributed by atoms with van der Waals surface area (Å²) in [7, 11) is -1.03. The fourth-order valence-corrected chi connectivity index (χ4v) is 3.68. The minimum Gasteiger partial charge on any atom is -0.398 e. The lowest BCUT2D eigenvalue weighted by molar-refractivity contribution is 0.682. The molecule has 100 valence electrons. The molecular formula is C14H13BrClNOS. The number of nitrogen functional groups attached to an aromatic ring is 1. The zero-order chi connectivity index (χ0) is 13.8. The van der Waals surface area contributed by atoms with Crippen LogP contribution in [0.4, 0.5) is 5.69 Å². The van der Waals surface area contributed by atoms with Crippen LogP contribution in [0.1, 0.15) is 11.1 Å². The van der Waals surface area contributed by atoms with Gasteiger partial charge in [-0.2, -0.15) is 0 Å². The molecule has 0 heterocycles. The van der Waals surface area contributed by atoms with Crippen LogP contribution in [0.15, 0.2) is 46.9 Å². The van der Waals surface area contributed by atoms with Gasteiger partial charge < -0.3 is 5.73 Å². The first-order chi connectivity index (χ1) is 9.06. The maximum atomic E-state index is 12.2. The average molecular weight is 359 g/mol. The Morgan fingerprint density at radius 2 is 1.79 bits per heavy atom. The Balaban J connectivity index is 2.08. The van der Waals surface area contributed by atoms with Crippen LogP contribution in [-0.2, 0) is 22.3 Å². The van der Waals surface area contributed by atoms with Crippen molar-refractivity contribution in [2.45, 2.75) is 11.5 Å². The Morgan fingerprint density at radius 1 is 1.11 bits per heavy atom. The number of halogens is 2. The van der Waals surface area contributed by atoms with Crippen molar-refractivity contribution in [2.75, 3.05) is 5.73 Å². The first-order valence-corrected chi connectivity index (χ1v) is 8.34. The summed E-state index contributed by atoms with van der Waals surface area (Å²) in [5.41, 5.74) is 8.35. The summed E-state index contributed by atoms with van der Waals surface area (Å²) in [4.78, 5) is 0. The molecule has 2 aromatic carbocycles. The van der Waals surface area contributed by atoms with Gasteiger partial charge in [-0.1, -0.05) is 51.8 Å². The predicted octanol–water partition coefficient (Wildman–Crippen LogP) is 4.13. The molecule has 0 aliphatic heterocycles. The van der Waals surface area contributed by atoms with Gasteiger partial charge in [-0.25, -0.2) is 0 Å². The quantitative estimate of drug-likeness (QED) is 0.835. The van der Waals surface area contributed by atoms with Gasteiger partial charge in [0, 0.05) is 26.0 Å². The molecule has 0 saturated carbocycles. The molecule has 0 radical (unpaired) electrons. The normalized spacial score (nSPS) is 12.3. The molecule has 0 aromatic heterocycles. The molecule has 2 nitrogen and oxygen atoms in total. The molecule has 5 heteroatoms. The number of hydrogen-bond donors (Lipinski definition) is 1. The van der Waals surface area contributed by atoms with Crippen LogP contribution < -0.4 is 5.73 Å². The van der Waals surface area contributed by atoms with E-state index in [9.17, 15) is 4.21 Å². The van der Waals surface area contributed by atoms with Gasteiger partial charge in [0.2, 0.25) is 0 Å². The summed E-state index contributed by atoms with van der Waals surface area (Å²) >= 11 is 9.41. The van der Waals surface area contributed by atoms with Crippen LogP contribution >= 0.6 is 27.5 Å². The van der Waals surface area contributed by atoms with Gasteiger partial charge in [0.1, 0.15) is 0 Å². The molecule has 0 spiro atoms. The van der Waals surface area contributed by atoms with Crippen LogP contribution in [0.3, 0.4) is 0 Å². The lowest BCUT2D eigenvalue weighted by Gasteiger charge is -2.07. The van der Waals surface area contributed by atoms with Gasteiger partial charge in [0.15, 0.2) is 0 Å². The Bertz CT molecular complexity index is 618. The standard InChI is InChI=1S/C14H13BrClNOS/c15-12-6-5-11(14(17)7-12)9-19(18)8-10-3-1-2-4-13(10)16/h1-7H,8-9,17H2. The molecule has 0 bridgehead atoms. The zero-order valence-electron chi connectivity index (χ0n) is 10.1. The highest BCUT2D eigenvalue weighted by molar-refractivity contribution is 9.10. The molecule has 2 aromatic rings. The van der Waals surface area contributed by atoms with Crippen molar-refractivity contribution in [2.24, 2.45) is 0 Å². The van der Waals surface area contributed by atoms with Crippen LogP contribution in [0, 0.1) is 0 Å². The summed E-state index contributed by atoms with van der Waals surface area (Å²) in [6.07, 6.45) is 0. The van der Waals surface area contributed by atoms with Crippen molar-refractivity contribution in [1.29, 1.82) is 0 Å². The SMILES string of the molecule is Nc1cc(Br)ccc1CS(=O)Cc1ccccc1Cl. The third-order valence-corrected chi connectivity index (χ3v) is 4.83. The zero-order valence-corrected chi connectivity index (χ0v) is 13.3. The molecule has 0 saturated heterocycles. The van der Waals surface area contributed by atoms with E-state index in [1.807, 2.05) is 42.5 Å². The van der Waals surface area contributed by atoms with E-state index in [2.05, 4.69) is 15.9 Å². The molecular weight excluding hydrogens is 346 g/mol. The van der Waals surface area contributed by atoms with E-state index in [4.69, 9.17) is 17.3 Å². The highest BCUT2D eigenvalue weighted by Gasteiger charge is 2.08. The van der Waals surface area contributed by atoms with Gasteiger partial charge in [-0.3, -0.25) is 4.21 Å². The van der Waals surface area contributed by atoms with Crippen LogP contribution in [0.2, 0.25) is 5.02 Å². The van der Waals surface area contributed by atoms with Gasteiger partial charge in [0.25, 0.3) is 0 Å². The molecule has 2 rings (SSSR count). The minimum absolute atomic E-state index is 0.435. The van der Waals surface area contributed by atoms with Crippen molar-refractivity contribution >= 4 is 44.0 Å². The van der Waals surface area contributed by atoms with E-state index in [1.165, 1.54) is 0 Å². The molecule has 1 atom stereocenters. The van der Waals surface area contributed by atoms with Crippen molar-refractivity contribution in [3.63, 3.8) is 0 Å². The van der Waals surface area contributed by atoms with Crippen LogP contribution in [0.5, 0.6) is 0 Å². The van der Waals surface area contributed by atoms with Crippen LogP contribution in [0.25, 0.3) is 0 Å². The molecule has 1 unspecified atom stereocenters. The van der Waals surface area contributed by atoms with E-state index >= 15 is 0 Å². The average Bonchev–Trinajstić information content (AvgIpc) is 2.36. The second kappa shape index (κ2) is 6.55. The maximum absolute atomic E-state index is 12.2. The monoisotopic (exact) mass is 357 g/mol. The summed E-state index contributed by atoms with van der Waals surface area (Å²) in [5, 5.41) is 0.652. The molecule has 0 amide bonds. The fourth-order valence-electron chi connectivity index (χ4n) is 1.71. The second-order valence-corrected chi connectivity index (χ2v) is 6.94. The molecule has 0 aliphatic rings. The Kier molecular flexibility index (Phi) is 5.02. The van der Waals surface area contributed by atoms with E-state index in [1.54, 1.807) is 0 Å². The van der Waals surface area contributed by atoms with E-state index in [0.29, 0.717) is 22.2 Å². The topological polar surface area (TPSA) is 43.1 Å². The van der Waals surface area contributed by atoms with E-state index in [-0.39, 0.29) is 0 Å². The van der Waals surface area contributed by atoms with Crippen molar-refractivity contribution in [1.82, 2.24) is 0 Å². The number of hydrogen-bond acceptors (Lipinski definition) is 2. The summed E-state index contributed by atoms with van der Waals surface area (Å²) < 4.78 is 13.1. The Labute approximate surface area is 128 Å². The predicted molar refractivity (Wildman–Crippen MR) is 85.6 cm³/mol. The highest BCUT2D eigenvalue weighted by Crippen LogP contribution is 2.22. The van der Waals surface area contributed by atoms with E-state index in [0.717, 1.165) is 15.6 Å². The Morgan fingerprint density at radius 3 is 2.47 bits per heavy atom. The second-order valence-electron chi connectivity index (χ2n) is 4.16. The summed E-state index contributed by atoms with van der Waals surface area (Å²) in [6.45, 7) is 0. The molecule has 0 fully saturated rings. The Hall–Kier alpha value is -0.840. The smallest absolute Gasteiger partial charge is 0.0509 e. The fraction of sp³-hybridized carbons (Fsp3) is 0.143. The largest absolute Gasteiger partial charge is 0.398 e. The first-order valence-electron chi connectivity index (χ1n) is 5.68. The number of benzene rings is 2. The number of anilines is 1. The summed E-state index contributed by atoms with van der Waals surface area (Å²) in [6, 6.07) is 13.1. The van der Waals surface area contributed by atoms with Crippen molar-refractivity contribution < 1.29 is 4.21 Å². The summed E-state index contributed by atoms with van der Waals surface area (Å²) in [5.74, 6) is 0.875. The molecule has 0 aliphatic carbocycles. The number of nitrogens with two attached hydrogens (primary N) is 1. The van der Waals surface area contributed by atoms with Crippen LogP contribution in [-0.4, -0.2) is 4.21 Å². The van der Waals surface area contributed by atoms with Gasteiger partial charge in [-0.15, -0.1) is 0 Å². The van der Waals surface area contributed by atoms with E-state index < -0.39 is 10.8 Å². The van der Waals surface area contributed by atoms with Crippen molar-refractivity contribution in [3.8, 4) is 0 Å². The third-order valence-electron chi connectivity index (χ3n) is 2.70. The first kappa shape index (κ1) is 14.6. The minimum atomic E-state index is -1.03. The van der Waals surface area contributed by atoms with Gasteiger partial charge in [-0.05, 0) is 29.3 Å². The van der Waals surface area contributed by atoms with Gasteiger partial charge in [0.05, 0.1) is 11.5 Å². The molecule has 2 N–H and O–H groups in total. The van der Waals surface area contributed by atoms with Gasteiger partial charge >= 0.3 is 0 Å². The third kappa shape index (κ3) is 4.06. The highest BCUT2D eigenvalue weighted by atomic mass is 79.9.